The second-order valence-corrected chi connectivity index (χ2v) is 4.38. The number of aromatic nitrogens is 1. The van der Waals surface area contributed by atoms with E-state index in [9.17, 15) is 4.79 Å². The number of nitrogens with zero attached hydrogens (tertiary/aromatic N) is 2. The average molecular weight is 264 g/mol. The van der Waals surface area contributed by atoms with Gasteiger partial charge in [0.25, 0.3) is 5.91 Å². The lowest BCUT2D eigenvalue weighted by Crippen LogP contribution is -2.28. The molecule has 0 bridgehead atoms. The molecule has 2 rings (SSSR count). The van der Waals surface area contributed by atoms with E-state index in [1.54, 1.807) is 24.2 Å². The Morgan fingerprint density at radius 3 is 2.45 bits per heavy atom. The number of carbonyl (C=O) groups excluding carboxylic acids is 1. The Labute approximate surface area is 119 Å². The summed E-state index contributed by atoms with van der Waals surface area (Å²) in [7, 11) is 0. The van der Waals surface area contributed by atoms with Gasteiger partial charge in [0.1, 0.15) is 0 Å². The van der Waals surface area contributed by atoms with Gasteiger partial charge in [-0.1, -0.05) is 42.3 Å². The predicted octanol–water partition coefficient (Wildman–Crippen LogP) is 2.63. The first-order valence-electron chi connectivity index (χ1n) is 6.44. The molecule has 3 nitrogen and oxygen atoms in total. The topological polar surface area (TPSA) is 33.2 Å². The first-order chi connectivity index (χ1) is 9.79. The molecule has 3 heteroatoms. The lowest BCUT2D eigenvalue weighted by atomic mass is 10.2. The summed E-state index contributed by atoms with van der Waals surface area (Å²) in [6.45, 7) is 2.72. The molecule has 100 valence electrons. The maximum Gasteiger partial charge on any atom is 0.299 e. The molecule has 0 fully saturated rings. The van der Waals surface area contributed by atoms with E-state index in [4.69, 9.17) is 0 Å². The molecule has 0 saturated carbocycles. The summed E-state index contributed by atoms with van der Waals surface area (Å²) in [5.41, 5.74) is 2.08. The number of benzene rings is 1. The summed E-state index contributed by atoms with van der Waals surface area (Å²) >= 11 is 0. The Hall–Kier alpha value is -2.60. The van der Waals surface area contributed by atoms with Gasteiger partial charge < -0.3 is 4.90 Å². The zero-order valence-corrected chi connectivity index (χ0v) is 11.4. The van der Waals surface area contributed by atoms with Crippen LogP contribution in [0.2, 0.25) is 0 Å². The van der Waals surface area contributed by atoms with Crippen LogP contribution in [0.1, 0.15) is 18.1 Å². The molecular formula is C17H16N2O. The Morgan fingerprint density at radius 2 is 1.80 bits per heavy atom. The van der Waals surface area contributed by atoms with Crippen molar-refractivity contribution >= 4 is 5.91 Å². The van der Waals surface area contributed by atoms with E-state index in [1.807, 2.05) is 42.5 Å². The normalized spacial score (nSPS) is 9.45. The quantitative estimate of drug-likeness (QED) is 0.795. The average Bonchev–Trinajstić information content (AvgIpc) is 2.49. The number of rotatable bonds is 4. The second-order valence-electron chi connectivity index (χ2n) is 4.38. The summed E-state index contributed by atoms with van der Waals surface area (Å²) in [5.74, 6) is 5.10. The van der Waals surface area contributed by atoms with Crippen LogP contribution in [0.25, 0.3) is 0 Å². The third-order valence-corrected chi connectivity index (χ3v) is 2.83. The van der Waals surface area contributed by atoms with Crippen LogP contribution >= 0.6 is 0 Å². The number of amides is 1. The number of hydrogen-bond donors (Lipinski definition) is 0. The van der Waals surface area contributed by atoms with E-state index in [0.717, 1.165) is 11.1 Å². The number of carbonyl (C=O) groups is 1. The van der Waals surface area contributed by atoms with Crippen molar-refractivity contribution in [3.05, 3.63) is 66.0 Å². The summed E-state index contributed by atoms with van der Waals surface area (Å²) in [5, 5.41) is 0. The van der Waals surface area contributed by atoms with Crippen molar-refractivity contribution in [2.45, 2.75) is 20.0 Å². The molecule has 0 radical (unpaired) electrons. The number of pyridine rings is 1. The predicted molar refractivity (Wildman–Crippen MR) is 78.4 cm³/mol. The molecule has 0 saturated heterocycles. The summed E-state index contributed by atoms with van der Waals surface area (Å²) in [4.78, 5) is 17.9. The van der Waals surface area contributed by atoms with Crippen LogP contribution in [0, 0.1) is 11.8 Å². The van der Waals surface area contributed by atoms with Gasteiger partial charge in [0.05, 0.1) is 0 Å². The van der Waals surface area contributed by atoms with E-state index in [-0.39, 0.29) is 5.91 Å². The molecule has 0 atom stereocenters. The Bertz CT molecular complexity index is 570. The highest BCUT2D eigenvalue weighted by atomic mass is 16.2. The maximum absolute atomic E-state index is 12.1. The first kappa shape index (κ1) is 13.8. The molecule has 0 aliphatic rings. The molecule has 1 amide bonds. The van der Waals surface area contributed by atoms with Crippen LogP contribution < -0.4 is 0 Å². The molecule has 20 heavy (non-hydrogen) atoms. The Kier molecular flexibility index (Phi) is 4.91. The van der Waals surface area contributed by atoms with Crippen LogP contribution in [0.4, 0.5) is 0 Å². The third-order valence-electron chi connectivity index (χ3n) is 2.83. The first-order valence-corrected chi connectivity index (χ1v) is 6.44. The molecule has 0 spiro atoms. The lowest BCUT2D eigenvalue weighted by Gasteiger charge is -2.20. The number of hydrogen-bond acceptors (Lipinski definition) is 2. The van der Waals surface area contributed by atoms with Gasteiger partial charge in [0, 0.05) is 25.5 Å². The van der Waals surface area contributed by atoms with Crippen LogP contribution in [0.15, 0.2) is 54.9 Å². The fraction of sp³-hybridized carbons (Fsp3) is 0.176. The van der Waals surface area contributed by atoms with Crippen LogP contribution in [-0.2, 0) is 17.9 Å². The van der Waals surface area contributed by atoms with Gasteiger partial charge in [-0.2, -0.15) is 0 Å². The molecular weight excluding hydrogens is 248 g/mol. The molecule has 0 unspecified atom stereocenters. The highest BCUT2D eigenvalue weighted by molar-refractivity contribution is 5.93. The van der Waals surface area contributed by atoms with Gasteiger partial charge in [-0.3, -0.25) is 9.78 Å². The van der Waals surface area contributed by atoms with Crippen molar-refractivity contribution in [1.82, 2.24) is 9.88 Å². The summed E-state index contributed by atoms with van der Waals surface area (Å²) in [6, 6.07) is 13.7. The van der Waals surface area contributed by atoms with E-state index in [0.29, 0.717) is 13.1 Å². The van der Waals surface area contributed by atoms with Crippen molar-refractivity contribution in [3.8, 4) is 11.8 Å². The smallest absolute Gasteiger partial charge is 0.299 e. The largest absolute Gasteiger partial charge is 0.323 e. The van der Waals surface area contributed by atoms with Crippen molar-refractivity contribution in [1.29, 1.82) is 0 Å². The molecule has 1 aromatic carbocycles. The standard InChI is InChI=1S/C17H16N2O/c1-2-7-17(20)19(13-15-8-4-3-5-9-15)14-16-10-6-11-18-12-16/h3-6,8-12H,13-14H2,1H3. The van der Waals surface area contributed by atoms with E-state index >= 15 is 0 Å². The zero-order valence-electron chi connectivity index (χ0n) is 11.4. The zero-order chi connectivity index (χ0) is 14.2. The van der Waals surface area contributed by atoms with Crippen LogP contribution in [-0.4, -0.2) is 15.8 Å². The minimum atomic E-state index is -0.166. The lowest BCUT2D eigenvalue weighted by molar-refractivity contribution is -0.126. The Balaban J connectivity index is 2.16. The molecule has 0 aliphatic carbocycles. The molecule has 2 aromatic rings. The van der Waals surface area contributed by atoms with Gasteiger partial charge in [0.15, 0.2) is 0 Å². The van der Waals surface area contributed by atoms with E-state index in [2.05, 4.69) is 16.8 Å². The summed E-state index contributed by atoms with van der Waals surface area (Å²) < 4.78 is 0. The van der Waals surface area contributed by atoms with Gasteiger partial charge in [-0.15, -0.1) is 0 Å². The fourth-order valence-corrected chi connectivity index (χ4v) is 1.90. The van der Waals surface area contributed by atoms with Crippen LogP contribution in [0.3, 0.4) is 0 Å². The fourth-order valence-electron chi connectivity index (χ4n) is 1.90. The summed E-state index contributed by atoms with van der Waals surface area (Å²) in [6.07, 6.45) is 3.49. The van der Waals surface area contributed by atoms with E-state index < -0.39 is 0 Å². The Morgan fingerprint density at radius 1 is 1.10 bits per heavy atom. The second kappa shape index (κ2) is 7.10. The molecule has 0 N–H and O–H groups in total. The minimum absolute atomic E-state index is 0.166. The maximum atomic E-state index is 12.1. The monoisotopic (exact) mass is 264 g/mol. The van der Waals surface area contributed by atoms with Gasteiger partial charge in [0.2, 0.25) is 0 Å². The molecule has 1 aromatic heterocycles. The highest BCUT2D eigenvalue weighted by Gasteiger charge is 2.12. The van der Waals surface area contributed by atoms with Gasteiger partial charge in [-0.25, -0.2) is 0 Å². The van der Waals surface area contributed by atoms with Gasteiger partial charge in [-0.05, 0) is 30.0 Å². The van der Waals surface area contributed by atoms with Crippen molar-refractivity contribution in [3.63, 3.8) is 0 Å². The van der Waals surface area contributed by atoms with E-state index in [1.165, 1.54) is 0 Å². The minimum Gasteiger partial charge on any atom is -0.323 e. The third kappa shape index (κ3) is 3.96. The van der Waals surface area contributed by atoms with Crippen LogP contribution in [0.5, 0.6) is 0 Å². The van der Waals surface area contributed by atoms with Crippen molar-refractivity contribution in [2.75, 3.05) is 0 Å². The SMILES string of the molecule is CC#CC(=O)N(Cc1ccccc1)Cc1cccnc1. The highest BCUT2D eigenvalue weighted by Crippen LogP contribution is 2.09. The molecule has 0 aliphatic heterocycles. The van der Waals surface area contributed by atoms with Crippen molar-refractivity contribution < 1.29 is 4.79 Å². The van der Waals surface area contributed by atoms with Crippen molar-refractivity contribution in [2.24, 2.45) is 0 Å². The molecule has 1 heterocycles. The van der Waals surface area contributed by atoms with Gasteiger partial charge >= 0.3 is 0 Å².